The van der Waals surface area contributed by atoms with Crippen molar-refractivity contribution in [2.24, 2.45) is 5.92 Å². The van der Waals surface area contributed by atoms with Gasteiger partial charge in [0.25, 0.3) is 5.56 Å². The first-order valence-corrected chi connectivity index (χ1v) is 9.15. The van der Waals surface area contributed by atoms with E-state index in [4.69, 9.17) is 0 Å². The predicted molar refractivity (Wildman–Crippen MR) is 97.0 cm³/mol. The van der Waals surface area contributed by atoms with Crippen molar-refractivity contribution in [1.29, 1.82) is 0 Å². The molecule has 7 heteroatoms. The number of hydrogen-bond donors (Lipinski definition) is 2. The molecule has 1 heterocycles. The van der Waals surface area contributed by atoms with Crippen molar-refractivity contribution < 1.29 is 9.18 Å². The van der Waals surface area contributed by atoms with Crippen molar-refractivity contribution >= 4 is 17.7 Å². The van der Waals surface area contributed by atoms with Crippen LogP contribution in [0.1, 0.15) is 31.5 Å². The fraction of sp³-hybridized carbons (Fsp3) is 0.389. The summed E-state index contributed by atoms with van der Waals surface area (Å²) < 4.78 is 13.6. The highest BCUT2D eigenvalue weighted by Crippen LogP contribution is 2.20. The van der Waals surface area contributed by atoms with E-state index in [0.29, 0.717) is 34.6 Å². The number of aromatic amines is 1. The van der Waals surface area contributed by atoms with E-state index < -0.39 is 0 Å². The number of benzene rings is 1. The van der Waals surface area contributed by atoms with E-state index >= 15 is 0 Å². The van der Waals surface area contributed by atoms with Crippen LogP contribution in [0.5, 0.6) is 0 Å². The van der Waals surface area contributed by atoms with Crippen molar-refractivity contribution in [3.8, 4) is 0 Å². The quantitative estimate of drug-likeness (QED) is 0.559. The van der Waals surface area contributed by atoms with E-state index in [9.17, 15) is 14.0 Å². The summed E-state index contributed by atoms with van der Waals surface area (Å²) in [7, 11) is 0. The normalized spacial score (nSPS) is 10.9. The lowest BCUT2D eigenvalue weighted by Crippen LogP contribution is -2.27. The molecule has 0 aliphatic rings. The molecule has 0 unspecified atom stereocenters. The van der Waals surface area contributed by atoms with E-state index in [1.54, 1.807) is 18.2 Å². The average Bonchev–Trinajstić information content (AvgIpc) is 2.53. The Labute approximate surface area is 150 Å². The fourth-order valence-corrected chi connectivity index (χ4v) is 3.01. The molecule has 1 aromatic heterocycles. The zero-order chi connectivity index (χ0) is 18.2. The van der Waals surface area contributed by atoms with Crippen LogP contribution in [0.15, 0.2) is 40.3 Å². The maximum atomic E-state index is 13.6. The molecule has 0 bridgehead atoms. The van der Waals surface area contributed by atoms with Crippen LogP contribution in [0.4, 0.5) is 4.39 Å². The van der Waals surface area contributed by atoms with E-state index in [1.165, 1.54) is 23.9 Å². The van der Waals surface area contributed by atoms with Crippen molar-refractivity contribution in [3.63, 3.8) is 0 Å². The van der Waals surface area contributed by atoms with Gasteiger partial charge in [-0.3, -0.25) is 9.59 Å². The summed E-state index contributed by atoms with van der Waals surface area (Å²) in [5.74, 6) is 0.404. The Kier molecular flexibility index (Phi) is 7.18. The third-order valence-corrected chi connectivity index (χ3v) is 4.40. The summed E-state index contributed by atoms with van der Waals surface area (Å²) in [5, 5.41) is 3.19. The number of carbonyl (C=O) groups is 1. The molecule has 2 rings (SSSR count). The molecule has 0 fully saturated rings. The average molecular weight is 363 g/mol. The number of H-pyrrole nitrogens is 1. The highest BCUT2D eigenvalue weighted by molar-refractivity contribution is 7.98. The molecule has 134 valence electrons. The van der Waals surface area contributed by atoms with Gasteiger partial charge < -0.3 is 10.3 Å². The smallest absolute Gasteiger partial charge is 0.251 e. The number of hydrogen-bond acceptors (Lipinski definition) is 4. The van der Waals surface area contributed by atoms with Gasteiger partial charge in [0, 0.05) is 18.4 Å². The lowest BCUT2D eigenvalue weighted by Gasteiger charge is -2.08. The molecule has 1 aromatic carbocycles. The molecule has 0 aliphatic heterocycles. The van der Waals surface area contributed by atoms with Crippen LogP contribution in [-0.2, 0) is 17.0 Å². The van der Waals surface area contributed by atoms with Gasteiger partial charge in [-0.05, 0) is 24.0 Å². The number of nitrogens with zero attached hydrogens (tertiary/aromatic N) is 1. The molecule has 2 N–H and O–H groups in total. The Morgan fingerprint density at radius 3 is 2.84 bits per heavy atom. The van der Waals surface area contributed by atoms with Crippen molar-refractivity contribution in [1.82, 2.24) is 15.3 Å². The van der Waals surface area contributed by atoms with Gasteiger partial charge in [0.1, 0.15) is 5.82 Å². The molecule has 0 aliphatic carbocycles. The van der Waals surface area contributed by atoms with Gasteiger partial charge >= 0.3 is 0 Å². The van der Waals surface area contributed by atoms with E-state index in [1.807, 2.05) is 0 Å². The zero-order valence-corrected chi connectivity index (χ0v) is 15.2. The van der Waals surface area contributed by atoms with Gasteiger partial charge in [-0.25, -0.2) is 9.37 Å². The van der Waals surface area contributed by atoms with Gasteiger partial charge in [0.15, 0.2) is 5.16 Å². The second-order valence-corrected chi connectivity index (χ2v) is 7.10. The number of rotatable bonds is 8. The number of amides is 1. The maximum absolute atomic E-state index is 13.6. The van der Waals surface area contributed by atoms with Crippen LogP contribution < -0.4 is 10.9 Å². The highest BCUT2D eigenvalue weighted by Gasteiger charge is 2.09. The second-order valence-electron chi connectivity index (χ2n) is 6.13. The Balaban J connectivity index is 1.96. The third-order valence-electron chi connectivity index (χ3n) is 3.48. The Bertz CT molecular complexity index is 777. The fourth-order valence-electron chi connectivity index (χ4n) is 2.13. The van der Waals surface area contributed by atoms with Crippen LogP contribution in [0.3, 0.4) is 0 Å². The van der Waals surface area contributed by atoms with Gasteiger partial charge in [-0.2, -0.15) is 0 Å². The van der Waals surface area contributed by atoms with E-state index in [-0.39, 0.29) is 23.7 Å². The highest BCUT2D eigenvalue weighted by atomic mass is 32.2. The summed E-state index contributed by atoms with van der Waals surface area (Å²) in [6.07, 6.45) is 0.952. The summed E-state index contributed by atoms with van der Waals surface area (Å²) in [5.41, 5.74) is 0.616. The first-order valence-electron chi connectivity index (χ1n) is 8.17. The van der Waals surface area contributed by atoms with Gasteiger partial charge in [0.2, 0.25) is 5.91 Å². The van der Waals surface area contributed by atoms with Crippen LogP contribution in [0.2, 0.25) is 0 Å². The maximum Gasteiger partial charge on any atom is 0.251 e. The van der Waals surface area contributed by atoms with Gasteiger partial charge in [-0.15, -0.1) is 0 Å². The minimum absolute atomic E-state index is 0.0509. The summed E-state index contributed by atoms with van der Waals surface area (Å²) in [4.78, 5) is 30.6. The monoisotopic (exact) mass is 363 g/mol. The minimum atomic E-state index is -0.323. The van der Waals surface area contributed by atoms with Crippen LogP contribution >= 0.6 is 11.8 Å². The van der Waals surface area contributed by atoms with Gasteiger partial charge in [0.05, 0.1) is 12.1 Å². The molecule has 5 nitrogen and oxygen atoms in total. The largest absolute Gasteiger partial charge is 0.356 e. The molecule has 0 spiro atoms. The Morgan fingerprint density at radius 1 is 1.36 bits per heavy atom. The molecule has 2 aromatic rings. The number of halogens is 1. The molecule has 0 atom stereocenters. The molecule has 0 radical (unpaired) electrons. The number of carbonyl (C=O) groups excluding carboxylic acids is 1. The van der Waals surface area contributed by atoms with E-state index in [2.05, 4.69) is 29.1 Å². The summed E-state index contributed by atoms with van der Waals surface area (Å²) >= 11 is 1.23. The molecule has 0 saturated heterocycles. The zero-order valence-electron chi connectivity index (χ0n) is 14.3. The van der Waals surface area contributed by atoms with E-state index in [0.717, 1.165) is 6.42 Å². The first kappa shape index (κ1) is 19.2. The van der Waals surface area contributed by atoms with Crippen molar-refractivity contribution in [2.75, 3.05) is 6.54 Å². The molecule has 0 saturated carbocycles. The Morgan fingerprint density at radius 2 is 2.12 bits per heavy atom. The SMILES string of the molecule is CC(C)CCNC(=O)Cc1cc(=O)[nH]c(SCc2ccccc2F)n1. The number of nitrogens with one attached hydrogen (secondary N) is 2. The van der Waals surface area contributed by atoms with Crippen LogP contribution in [0, 0.1) is 11.7 Å². The Hall–Kier alpha value is -2.15. The summed E-state index contributed by atoms with van der Waals surface area (Å²) in [6.45, 7) is 4.78. The second kappa shape index (κ2) is 9.36. The lowest BCUT2D eigenvalue weighted by atomic mass is 10.1. The molecule has 25 heavy (non-hydrogen) atoms. The molecule has 1 amide bonds. The van der Waals surface area contributed by atoms with Crippen LogP contribution in [0.25, 0.3) is 0 Å². The minimum Gasteiger partial charge on any atom is -0.356 e. The summed E-state index contributed by atoms with van der Waals surface area (Å²) in [6, 6.07) is 7.78. The standard InChI is InChI=1S/C18H22FN3O2S/c1-12(2)7-8-20-16(23)9-14-10-17(24)22-18(21-14)25-11-13-5-3-4-6-15(13)19/h3-6,10,12H,7-9,11H2,1-2H3,(H,20,23)(H,21,22,24). The number of thioether (sulfide) groups is 1. The molecular formula is C18H22FN3O2S. The van der Waals surface area contributed by atoms with Crippen LogP contribution in [-0.4, -0.2) is 22.4 Å². The van der Waals surface area contributed by atoms with Crippen molar-refractivity contribution in [3.05, 3.63) is 57.8 Å². The first-order chi connectivity index (χ1) is 11.9. The predicted octanol–water partition coefficient (Wildman–Crippen LogP) is 2.91. The van der Waals surface area contributed by atoms with Crippen molar-refractivity contribution in [2.45, 2.75) is 37.6 Å². The molecular weight excluding hydrogens is 341 g/mol. The third kappa shape index (κ3) is 6.70. The van der Waals surface area contributed by atoms with Gasteiger partial charge in [-0.1, -0.05) is 43.8 Å². The number of aromatic nitrogens is 2. The topological polar surface area (TPSA) is 74.8 Å². The lowest BCUT2D eigenvalue weighted by molar-refractivity contribution is -0.120.